The van der Waals surface area contributed by atoms with E-state index >= 15 is 0 Å². The van der Waals surface area contributed by atoms with Crippen molar-refractivity contribution < 1.29 is 0 Å². The van der Waals surface area contributed by atoms with Gasteiger partial charge in [-0.25, -0.2) is 4.98 Å². The van der Waals surface area contributed by atoms with E-state index in [2.05, 4.69) is 35.9 Å². The number of hydrogen-bond acceptors (Lipinski definition) is 3. The minimum atomic E-state index is 0.603. The van der Waals surface area contributed by atoms with E-state index in [1.54, 1.807) is 0 Å². The molecule has 0 aromatic carbocycles. The minimum absolute atomic E-state index is 0.603. The van der Waals surface area contributed by atoms with Gasteiger partial charge in [-0.1, -0.05) is 6.92 Å². The molecule has 0 saturated carbocycles. The van der Waals surface area contributed by atoms with Crippen LogP contribution in [0.25, 0.3) is 0 Å². The average Bonchev–Trinajstić information content (AvgIpc) is 2.97. The summed E-state index contributed by atoms with van der Waals surface area (Å²) in [6.45, 7) is 9.35. The van der Waals surface area contributed by atoms with Gasteiger partial charge in [-0.15, -0.1) is 0 Å². The normalized spacial score (nSPS) is 23.7. The number of aromatic nitrogens is 1. The molecule has 0 bridgehead atoms. The molecule has 3 heteroatoms. The summed E-state index contributed by atoms with van der Waals surface area (Å²) in [5.41, 5.74) is 2.79. The van der Waals surface area contributed by atoms with E-state index in [1.165, 1.54) is 81.6 Å². The summed E-state index contributed by atoms with van der Waals surface area (Å²) in [7, 11) is 0. The smallest absolute Gasteiger partial charge is 0.131 e. The van der Waals surface area contributed by atoms with E-state index < -0.39 is 0 Å². The molecule has 0 aliphatic carbocycles. The topological polar surface area (TPSA) is 19.4 Å². The van der Waals surface area contributed by atoms with Crippen molar-refractivity contribution in [2.45, 2.75) is 58.4 Å². The van der Waals surface area contributed by atoms with E-state index in [1.807, 2.05) is 0 Å². The summed E-state index contributed by atoms with van der Waals surface area (Å²) in [5, 5.41) is 0. The van der Waals surface area contributed by atoms with Crippen LogP contribution in [-0.2, 0) is 0 Å². The van der Waals surface area contributed by atoms with Crippen LogP contribution < -0.4 is 4.90 Å². The number of hydrogen-bond donors (Lipinski definition) is 0. The number of likely N-dealkylation sites (tertiary alicyclic amines) is 1. The maximum atomic E-state index is 4.84. The summed E-state index contributed by atoms with van der Waals surface area (Å²) < 4.78 is 0. The molecule has 0 N–H and O–H groups in total. The Morgan fingerprint density at radius 1 is 1.14 bits per heavy atom. The second-order valence-electron chi connectivity index (χ2n) is 6.65. The van der Waals surface area contributed by atoms with Gasteiger partial charge in [-0.05, 0) is 75.7 Å². The monoisotopic (exact) mass is 287 g/mol. The molecule has 1 aromatic rings. The highest BCUT2D eigenvalue weighted by Crippen LogP contribution is 2.33. The summed E-state index contributed by atoms with van der Waals surface area (Å²) in [6, 6.07) is 3.00. The predicted octanol–water partition coefficient (Wildman–Crippen LogP) is 3.93. The molecule has 3 nitrogen and oxygen atoms in total. The molecule has 3 heterocycles. The van der Waals surface area contributed by atoms with Gasteiger partial charge >= 0.3 is 0 Å². The zero-order valence-electron chi connectivity index (χ0n) is 13.6. The lowest BCUT2D eigenvalue weighted by molar-refractivity contribution is 0.257. The Morgan fingerprint density at radius 3 is 2.67 bits per heavy atom. The van der Waals surface area contributed by atoms with Crippen molar-refractivity contribution in [3.63, 3.8) is 0 Å². The van der Waals surface area contributed by atoms with Crippen LogP contribution in [0.3, 0.4) is 0 Å². The van der Waals surface area contributed by atoms with Crippen LogP contribution >= 0.6 is 0 Å². The summed E-state index contributed by atoms with van der Waals surface area (Å²) in [6.07, 6.45) is 10.0. The Bertz CT molecular complexity index is 466. The number of rotatable bonds is 4. The second-order valence-corrected chi connectivity index (χ2v) is 6.65. The standard InChI is InChI=1S/C18H29N3/c1-3-9-20-12-7-8-17(20)16-13-15(2)18(19-14-16)21-10-5-4-6-11-21/h13-14,17H,3-12H2,1-2H3/t17-/m0/s1. The predicted molar refractivity (Wildman–Crippen MR) is 88.9 cm³/mol. The number of anilines is 1. The Hall–Kier alpha value is -1.09. The molecule has 0 unspecified atom stereocenters. The Kier molecular flexibility index (Phi) is 4.79. The van der Waals surface area contributed by atoms with Gasteiger partial charge in [-0.3, -0.25) is 4.90 Å². The average molecular weight is 287 g/mol. The third kappa shape index (κ3) is 3.23. The van der Waals surface area contributed by atoms with Gasteiger partial charge in [-0.2, -0.15) is 0 Å². The Labute approximate surface area is 129 Å². The van der Waals surface area contributed by atoms with Crippen molar-refractivity contribution in [3.05, 3.63) is 23.4 Å². The Balaban J connectivity index is 1.77. The largest absolute Gasteiger partial charge is 0.356 e. The Morgan fingerprint density at radius 2 is 1.95 bits per heavy atom. The fraction of sp³-hybridized carbons (Fsp3) is 0.722. The molecule has 21 heavy (non-hydrogen) atoms. The van der Waals surface area contributed by atoms with Crippen molar-refractivity contribution in [2.75, 3.05) is 31.1 Å². The molecule has 116 valence electrons. The van der Waals surface area contributed by atoms with Crippen molar-refractivity contribution in [1.29, 1.82) is 0 Å². The zero-order valence-corrected chi connectivity index (χ0v) is 13.6. The number of pyridine rings is 1. The molecule has 0 radical (unpaired) electrons. The van der Waals surface area contributed by atoms with Gasteiger partial charge in [0, 0.05) is 25.3 Å². The van der Waals surface area contributed by atoms with Crippen molar-refractivity contribution in [1.82, 2.24) is 9.88 Å². The second kappa shape index (κ2) is 6.78. The van der Waals surface area contributed by atoms with E-state index in [9.17, 15) is 0 Å². The van der Waals surface area contributed by atoms with Gasteiger partial charge in [0.05, 0.1) is 0 Å². The summed E-state index contributed by atoms with van der Waals surface area (Å²) in [5.74, 6) is 1.22. The molecule has 0 spiro atoms. The highest BCUT2D eigenvalue weighted by atomic mass is 15.2. The van der Waals surface area contributed by atoms with Gasteiger partial charge < -0.3 is 4.90 Å². The van der Waals surface area contributed by atoms with Crippen LogP contribution in [0.15, 0.2) is 12.3 Å². The van der Waals surface area contributed by atoms with E-state index in [4.69, 9.17) is 4.98 Å². The van der Waals surface area contributed by atoms with Gasteiger partial charge in [0.25, 0.3) is 0 Å². The minimum Gasteiger partial charge on any atom is -0.356 e. The first-order valence-electron chi connectivity index (χ1n) is 8.75. The first-order chi connectivity index (χ1) is 10.3. The lowest BCUT2D eigenvalue weighted by Gasteiger charge is -2.30. The summed E-state index contributed by atoms with van der Waals surface area (Å²) >= 11 is 0. The molecule has 2 aliphatic heterocycles. The highest BCUT2D eigenvalue weighted by Gasteiger charge is 2.26. The molecule has 3 rings (SSSR count). The van der Waals surface area contributed by atoms with Crippen LogP contribution in [0, 0.1) is 6.92 Å². The van der Waals surface area contributed by atoms with Crippen molar-refractivity contribution >= 4 is 5.82 Å². The molecule has 1 aromatic heterocycles. The molecular weight excluding hydrogens is 258 g/mol. The number of piperidine rings is 1. The lowest BCUT2D eigenvalue weighted by atomic mass is 10.0. The zero-order chi connectivity index (χ0) is 14.7. The summed E-state index contributed by atoms with van der Waals surface area (Å²) in [4.78, 5) is 9.95. The molecule has 2 saturated heterocycles. The van der Waals surface area contributed by atoms with E-state index in [0.717, 1.165) is 0 Å². The van der Waals surface area contributed by atoms with Crippen LogP contribution in [-0.4, -0.2) is 36.1 Å². The fourth-order valence-corrected chi connectivity index (χ4v) is 3.97. The SMILES string of the molecule is CCCN1CCC[C@H]1c1cnc(N2CCCCC2)c(C)c1. The fourth-order valence-electron chi connectivity index (χ4n) is 3.97. The maximum absolute atomic E-state index is 4.84. The van der Waals surface area contributed by atoms with Gasteiger partial charge in [0.2, 0.25) is 0 Å². The first kappa shape index (κ1) is 14.8. The molecule has 2 aliphatic rings. The quantitative estimate of drug-likeness (QED) is 0.836. The van der Waals surface area contributed by atoms with Gasteiger partial charge in [0.15, 0.2) is 0 Å². The van der Waals surface area contributed by atoms with Crippen LogP contribution in [0.2, 0.25) is 0 Å². The molecule has 1 atom stereocenters. The third-order valence-electron chi connectivity index (χ3n) is 4.99. The molecular formula is C18H29N3. The van der Waals surface area contributed by atoms with E-state index in [-0.39, 0.29) is 0 Å². The van der Waals surface area contributed by atoms with Crippen LogP contribution in [0.1, 0.15) is 62.6 Å². The number of nitrogens with zero attached hydrogens (tertiary/aromatic N) is 3. The maximum Gasteiger partial charge on any atom is 0.131 e. The van der Waals surface area contributed by atoms with E-state index in [0.29, 0.717) is 6.04 Å². The highest BCUT2D eigenvalue weighted by molar-refractivity contribution is 5.48. The first-order valence-corrected chi connectivity index (χ1v) is 8.75. The third-order valence-corrected chi connectivity index (χ3v) is 4.99. The van der Waals surface area contributed by atoms with Gasteiger partial charge in [0.1, 0.15) is 5.82 Å². The van der Waals surface area contributed by atoms with Crippen molar-refractivity contribution in [3.8, 4) is 0 Å². The van der Waals surface area contributed by atoms with Crippen LogP contribution in [0.4, 0.5) is 5.82 Å². The van der Waals surface area contributed by atoms with Crippen molar-refractivity contribution in [2.24, 2.45) is 0 Å². The molecule has 0 amide bonds. The lowest BCUT2D eigenvalue weighted by Crippen LogP contribution is -2.31. The molecule has 2 fully saturated rings. The van der Waals surface area contributed by atoms with Crippen LogP contribution in [0.5, 0.6) is 0 Å². The number of aryl methyl sites for hydroxylation is 1.